The lowest BCUT2D eigenvalue weighted by molar-refractivity contribution is -0.143. The molecule has 5 saturated carbocycles. The fourth-order valence-electron chi connectivity index (χ4n) is 7.68. The summed E-state index contributed by atoms with van der Waals surface area (Å²) in [5.74, 6) is 2.54. The van der Waals surface area contributed by atoms with Crippen molar-refractivity contribution in [3.8, 4) is 5.75 Å². The highest BCUT2D eigenvalue weighted by Crippen LogP contribution is 2.60. The van der Waals surface area contributed by atoms with Crippen molar-refractivity contribution in [1.82, 2.24) is 4.90 Å². The Balaban J connectivity index is 1.21. The van der Waals surface area contributed by atoms with Gasteiger partial charge in [0.25, 0.3) is 0 Å². The Kier molecular flexibility index (Phi) is 5.03. The quantitative estimate of drug-likeness (QED) is 0.648. The number of rotatable bonds is 7. The summed E-state index contributed by atoms with van der Waals surface area (Å²) in [5, 5.41) is 9.55. The minimum Gasteiger partial charge on any atom is -0.493 e. The Bertz CT molecular complexity index is 878. The van der Waals surface area contributed by atoms with Gasteiger partial charge in [0.05, 0.1) is 12.7 Å². The molecule has 1 heterocycles. The van der Waals surface area contributed by atoms with E-state index in [1.54, 1.807) is 17.9 Å². The van der Waals surface area contributed by atoms with Gasteiger partial charge in [0, 0.05) is 23.6 Å². The lowest BCUT2D eigenvalue weighted by atomic mass is 9.50. The van der Waals surface area contributed by atoms with Gasteiger partial charge in [0.1, 0.15) is 24.3 Å². The van der Waals surface area contributed by atoms with Crippen LogP contribution in [0.5, 0.6) is 5.75 Å². The molecule has 7 rings (SSSR count). The molecular formula is C26H34FNO4. The molecule has 2 atom stereocenters. The van der Waals surface area contributed by atoms with Crippen LogP contribution in [-0.4, -0.2) is 41.5 Å². The maximum absolute atomic E-state index is 15.2. The van der Waals surface area contributed by atoms with Crippen molar-refractivity contribution in [2.75, 3.05) is 13.3 Å². The van der Waals surface area contributed by atoms with E-state index in [4.69, 9.17) is 9.47 Å². The molecule has 0 aromatic heterocycles. The summed E-state index contributed by atoms with van der Waals surface area (Å²) < 4.78 is 27.1. The summed E-state index contributed by atoms with van der Waals surface area (Å²) >= 11 is 0. The number of ether oxygens (including phenoxy) is 2. The van der Waals surface area contributed by atoms with Crippen LogP contribution in [0.2, 0.25) is 0 Å². The first-order chi connectivity index (χ1) is 15.4. The van der Waals surface area contributed by atoms with Crippen molar-refractivity contribution in [3.05, 3.63) is 29.1 Å². The Hall–Kier alpha value is -1.66. The Labute approximate surface area is 189 Å². The molecule has 1 aromatic rings. The largest absolute Gasteiger partial charge is 0.493 e. The smallest absolute Gasteiger partial charge is 0.323 e. The van der Waals surface area contributed by atoms with E-state index in [2.05, 4.69) is 0 Å². The van der Waals surface area contributed by atoms with Gasteiger partial charge in [-0.3, -0.25) is 9.69 Å². The standard InChI is InChI=1S/C26H34FNO4/c1-15-24(25(29)30)28(14-32-15)12-20-7-21(19-2-3-19)23(8-22(20)27)31-13-26-9-16-4-17(10-26)6-18(5-16)11-26/h7-8,15-19,24H,2-6,9-14H2,1H3,(H,29,30)/t15-,16?,17?,18?,24+,26?/m1/s1. The van der Waals surface area contributed by atoms with E-state index in [1.165, 1.54) is 38.5 Å². The molecule has 0 spiro atoms. The molecule has 1 aromatic carbocycles. The summed E-state index contributed by atoms with van der Waals surface area (Å²) in [4.78, 5) is 13.4. The van der Waals surface area contributed by atoms with Gasteiger partial charge in [0.15, 0.2) is 0 Å². The van der Waals surface area contributed by atoms with Gasteiger partial charge in [-0.15, -0.1) is 0 Å². The van der Waals surface area contributed by atoms with E-state index in [0.717, 1.165) is 36.2 Å². The molecule has 6 heteroatoms. The van der Waals surface area contributed by atoms with E-state index in [9.17, 15) is 9.90 Å². The number of hydrogen-bond acceptors (Lipinski definition) is 4. The van der Waals surface area contributed by atoms with Gasteiger partial charge in [-0.25, -0.2) is 4.39 Å². The van der Waals surface area contributed by atoms with Crippen molar-refractivity contribution in [2.45, 2.75) is 82.9 Å². The van der Waals surface area contributed by atoms with E-state index < -0.39 is 18.1 Å². The number of carboxylic acids is 1. The lowest BCUT2D eigenvalue weighted by Gasteiger charge is -2.56. The number of benzene rings is 1. The summed E-state index contributed by atoms with van der Waals surface area (Å²) in [6.07, 6.45) is 9.89. The Morgan fingerprint density at radius 1 is 1.19 bits per heavy atom. The second kappa shape index (κ2) is 7.69. The zero-order chi connectivity index (χ0) is 22.0. The number of nitrogens with zero attached hydrogens (tertiary/aromatic N) is 1. The highest BCUT2D eigenvalue weighted by atomic mass is 19.1. The van der Waals surface area contributed by atoms with Crippen LogP contribution < -0.4 is 4.74 Å². The molecule has 5 aliphatic carbocycles. The van der Waals surface area contributed by atoms with E-state index in [1.807, 2.05) is 6.07 Å². The molecular weight excluding hydrogens is 409 g/mol. The van der Waals surface area contributed by atoms with Crippen LogP contribution in [0, 0.1) is 29.0 Å². The van der Waals surface area contributed by atoms with Crippen LogP contribution in [0.15, 0.2) is 12.1 Å². The first kappa shape index (κ1) is 20.9. The zero-order valence-corrected chi connectivity index (χ0v) is 18.9. The maximum Gasteiger partial charge on any atom is 0.323 e. The van der Waals surface area contributed by atoms with Gasteiger partial charge in [-0.2, -0.15) is 0 Å². The minimum absolute atomic E-state index is 0.209. The number of carboxylic acid groups (broad SMARTS) is 1. The van der Waals surface area contributed by atoms with Crippen LogP contribution in [0.4, 0.5) is 4.39 Å². The minimum atomic E-state index is -0.923. The number of halogens is 1. The second-order valence-corrected chi connectivity index (χ2v) is 11.5. The molecule has 4 bridgehead atoms. The van der Waals surface area contributed by atoms with Crippen LogP contribution in [0.1, 0.15) is 75.3 Å². The van der Waals surface area contributed by atoms with E-state index in [0.29, 0.717) is 29.3 Å². The summed E-state index contributed by atoms with van der Waals surface area (Å²) in [5.41, 5.74) is 1.94. The van der Waals surface area contributed by atoms with Gasteiger partial charge in [-0.05, 0) is 93.6 Å². The highest BCUT2D eigenvalue weighted by molar-refractivity contribution is 5.74. The van der Waals surface area contributed by atoms with Crippen molar-refractivity contribution in [1.29, 1.82) is 0 Å². The number of aliphatic carboxylic acids is 1. The first-order valence-corrected chi connectivity index (χ1v) is 12.4. The van der Waals surface area contributed by atoms with Gasteiger partial charge in [0.2, 0.25) is 0 Å². The van der Waals surface area contributed by atoms with Gasteiger partial charge >= 0.3 is 5.97 Å². The topological polar surface area (TPSA) is 59.0 Å². The van der Waals surface area contributed by atoms with Gasteiger partial charge < -0.3 is 14.6 Å². The average molecular weight is 444 g/mol. The number of hydrogen-bond donors (Lipinski definition) is 1. The molecule has 0 unspecified atom stereocenters. The molecule has 6 aliphatic rings. The third-order valence-corrected chi connectivity index (χ3v) is 8.86. The Morgan fingerprint density at radius 2 is 1.84 bits per heavy atom. The molecule has 1 N–H and O–H groups in total. The third-order valence-electron chi connectivity index (χ3n) is 8.86. The van der Waals surface area contributed by atoms with Crippen molar-refractivity contribution >= 4 is 5.97 Å². The van der Waals surface area contributed by atoms with Crippen molar-refractivity contribution in [2.24, 2.45) is 23.2 Å². The fraction of sp³-hybridized carbons (Fsp3) is 0.731. The summed E-state index contributed by atoms with van der Waals surface area (Å²) in [6.45, 7) is 2.92. The Morgan fingerprint density at radius 3 is 2.44 bits per heavy atom. The monoisotopic (exact) mass is 443 g/mol. The van der Waals surface area contributed by atoms with E-state index >= 15 is 4.39 Å². The second-order valence-electron chi connectivity index (χ2n) is 11.5. The van der Waals surface area contributed by atoms with Crippen LogP contribution in [0.25, 0.3) is 0 Å². The predicted molar refractivity (Wildman–Crippen MR) is 117 cm³/mol. The van der Waals surface area contributed by atoms with Gasteiger partial charge in [-0.1, -0.05) is 0 Å². The molecule has 174 valence electrons. The third kappa shape index (κ3) is 3.73. The fourth-order valence-corrected chi connectivity index (χ4v) is 7.68. The van der Waals surface area contributed by atoms with Crippen LogP contribution in [0.3, 0.4) is 0 Å². The molecule has 0 amide bonds. The molecule has 0 radical (unpaired) electrons. The van der Waals surface area contributed by atoms with Crippen LogP contribution >= 0.6 is 0 Å². The normalized spacial score (nSPS) is 38.4. The molecule has 5 nitrogen and oxygen atoms in total. The van der Waals surface area contributed by atoms with Crippen LogP contribution in [-0.2, 0) is 16.1 Å². The SMILES string of the molecule is C[C@H]1OCN(Cc2cc(C3CC3)c(OCC34CC5CC(CC(C5)C3)C4)cc2F)[C@@H]1C(=O)O. The maximum atomic E-state index is 15.2. The first-order valence-electron chi connectivity index (χ1n) is 12.4. The summed E-state index contributed by atoms with van der Waals surface area (Å²) in [7, 11) is 0. The van der Waals surface area contributed by atoms with Crippen molar-refractivity contribution < 1.29 is 23.8 Å². The van der Waals surface area contributed by atoms with Crippen molar-refractivity contribution in [3.63, 3.8) is 0 Å². The lowest BCUT2D eigenvalue weighted by Crippen LogP contribution is -2.48. The molecule has 6 fully saturated rings. The average Bonchev–Trinajstić information content (AvgIpc) is 3.50. The zero-order valence-electron chi connectivity index (χ0n) is 18.9. The molecule has 1 saturated heterocycles. The molecule has 32 heavy (non-hydrogen) atoms. The highest BCUT2D eigenvalue weighted by Gasteiger charge is 2.51. The molecule has 1 aliphatic heterocycles. The predicted octanol–water partition coefficient (Wildman–Crippen LogP) is 4.93. The number of carbonyl (C=O) groups is 1. The summed E-state index contributed by atoms with van der Waals surface area (Å²) in [6, 6.07) is 2.76. The van der Waals surface area contributed by atoms with E-state index in [-0.39, 0.29) is 19.1 Å².